The Morgan fingerprint density at radius 1 is 1.23 bits per heavy atom. The fourth-order valence-corrected chi connectivity index (χ4v) is 3.06. The van der Waals surface area contributed by atoms with Gasteiger partial charge in [0.1, 0.15) is 5.92 Å². The molecule has 2 amide bonds. The van der Waals surface area contributed by atoms with Crippen LogP contribution in [0.1, 0.15) is 39.3 Å². The van der Waals surface area contributed by atoms with E-state index in [1.807, 2.05) is 38.1 Å². The number of amides is 2. The fraction of sp³-hybridized carbons (Fsp3) is 0.500. The number of rotatable bonds is 7. The molecule has 0 aromatic heterocycles. The molecule has 2 atom stereocenters. The first-order valence-electron chi connectivity index (χ1n) is 9.15. The molecule has 1 saturated heterocycles. The van der Waals surface area contributed by atoms with Crippen molar-refractivity contribution in [3.63, 3.8) is 0 Å². The molecule has 1 heterocycles. The van der Waals surface area contributed by atoms with E-state index in [1.165, 1.54) is 0 Å². The number of carbonyl (C=O) groups excluding carboxylic acids is 2. The zero-order valence-electron chi connectivity index (χ0n) is 16.0. The molecule has 1 aliphatic rings. The number of benzene rings is 1. The lowest BCUT2D eigenvalue weighted by atomic mass is 9.89. The highest BCUT2D eigenvalue weighted by atomic mass is 16.5. The van der Waals surface area contributed by atoms with Gasteiger partial charge < -0.3 is 20.3 Å². The van der Waals surface area contributed by atoms with E-state index in [-0.39, 0.29) is 17.9 Å². The van der Waals surface area contributed by atoms with Crippen LogP contribution in [0.3, 0.4) is 0 Å². The Bertz CT molecular complexity index is 651. The number of ether oxygens (including phenoxy) is 1. The van der Waals surface area contributed by atoms with Gasteiger partial charge in [0.25, 0.3) is 0 Å². The summed E-state index contributed by atoms with van der Waals surface area (Å²) in [6.07, 6.45) is 0. The zero-order chi connectivity index (χ0) is 19.3. The monoisotopic (exact) mass is 359 g/mol. The second kappa shape index (κ2) is 8.74. The van der Waals surface area contributed by atoms with Crippen LogP contribution in [0.2, 0.25) is 0 Å². The highest BCUT2D eigenvalue weighted by molar-refractivity contribution is 5.85. The third-order valence-corrected chi connectivity index (χ3v) is 4.46. The summed E-state index contributed by atoms with van der Waals surface area (Å²) in [4.78, 5) is 26.7. The second-order valence-corrected chi connectivity index (χ2v) is 6.87. The molecule has 1 aliphatic heterocycles. The minimum Gasteiger partial charge on any atom is -0.465 e. The van der Waals surface area contributed by atoms with Crippen molar-refractivity contribution in [1.82, 2.24) is 10.6 Å². The number of nitrogens with one attached hydrogen (secondary N) is 2. The molecule has 6 heteroatoms. The molecular weight excluding hydrogens is 330 g/mol. The maximum Gasteiger partial charge on any atom is 0.319 e. The summed E-state index contributed by atoms with van der Waals surface area (Å²) in [5.41, 5.74) is 2.32. The SMILES string of the molecule is C=C1NC(=O)NC(c2ccc(N(CC)CC)cc2)C1C(=O)OCC(C)C. The fourth-order valence-electron chi connectivity index (χ4n) is 3.06. The summed E-state index contributed by atoms with van der Waals surface area (Å²) in [5.74, 6) is -0.801. The van der Waals surface area contributed by atoms with Gasteiger partial charge in [0.15, 0.2) is 0 Å². The van der Waals surface area contributed by atoms with Crippen molar-refractivity contribution in [2.24, 2.45) is 11.8 Å². The molecule has 0 aliphatic carbocycles. The lowest BCUT2D eigenvalue weighted by molar-refractivity contribution is -0.149. The molecular formula is C20H29N3O3. The van der Waals surface area contributed by atoms with Crippen molar-refractivity contribution >= 4 is 17.7 Å². The average molecular weight is 359 g/mol. The van der Waals surface area contributed by atoms with Crippen molar-refractivity contribution in [2.45, 2.75) is 33.7 Å². The Labute approximate surface area is 155 Å². The predicted octanol–water partition coefficient (Wildman–Crippen LogP) is 3.22. The van der Waals surface area contributed by atoms with Crippen LogP contribution in [-0.4, -0.2) is 31.7 Å². The molecule has 2 N–H and O–H groups in total. The Balaban J connectivity index is 2.25. The number of esters is 1. The maximum absolute atomic E-state index is 12.6. The van der Waals surface area contributed by atoms with Crippen LogP contribution in [0.5, 0.6) is 0 Å². The molecule has 0 radical (unpaired) electrons. The topological polar surface area (TPSA) is 70.7 Å². The van der Waals surface area contributed by atoms with Crippen molar-refractivity contribution in [3.05, 3.63) is 42.1 Å². The Morgan fingerprint density at radius 2 is 1.85 bits per heavy atom. The van der Waals surface area contributed by atoms with Crippen LogP contribution in [0.15, 0.2) is 36.5 Å². The first-order valence-corrected chi connectivity index (χ1v) is 9.15. The quantitative estimate of drug-likeness (QED) is 0.734. The van der Waals surface area contributed by atoms with Crippen LogP contribution in [-0.2, 0) is 9.53 Å². The smallest absolute Gasteiger partial charge is 0.319 e. The highest BCUT2D eigenvalue weighted by Crippen LogP contribution is 2.31. The number of carbonyl (C=O) groups is 2. The van der Waals surface area contributed by atoms with Crippen LogP contribution >= 0.6 is 0 Å². The molecule has 1 aromatic carbocycles. The van der Waals surface area contributed by atoms with E-state index < -0.39 is 12.0 Å². The third-order valence-electron chi connectivity index (χ3n) is 4.46. The standard InChI is InChI=1S/C20H29N3O3/c1-6-23(7-2)16-10-8-15(9-11-16)18-17(14(5)21-20(25)22-18)19(24)26-12-13(3)4/h8-11,13,17-18H,5-7,12H2,1-4H3,(H2,21,22,25). The van der Waals surface area contributed by atoms with Crippen LogP contribution < -0.4 is 15.5 Å². The zero-order valence-corrected chi connectivity index (χ0v) is 16.0. The van der Waals surface area contributed by atoms with Gasteiger partial charge in [0.2, 0.25) is 0 Å². The van der Waals surface area contributed by atoms with Crippen molar-refractivity contribution < 1.29 is 14.3 Å². The van der Waals surface area contributed by atoms with E-state index >= 15 is 0 Å². The molecule has 26 heavy (non-hydrogen) atoms. The summed E-state index contributed by atoms with van der Waals surface area (Å²) >= 11 is 0. The van der Waals surface area contributed by atoms with Crippen molar-refractivity contribution in [2.75, 3.05) is 24.6 Å². The highest BCUT2D eigenvalue weighted by Gasteiger charge is 2.38. The molecule has 142 valence electrons. The van der Waals surface area contributed by atoms with Crippen molar-refractivity contribution in [3.8, 4) is 0 Å². The lowest BCUT2D eigenvalue weighted by Crippen LogP contribution is -2.51. The molecule has 2 unspecified atom stereocenters. The normalized spacial score (nSPS) is 19.7. The van der Waals surface area contributed by atoms with Gasteiger partial charge in [-0.1, -0.05) is 32.6 Å². The Morgan fingerprint density at radius 3 is 2.38 bits per heavy atom. The Kier molecular flexibility index (Phi) is 6.66. The molecule has 1 aromatic rings. The van der Waals surface area contributed by atoms with E-state index in [1.54, 1.807) is 0 Å². The van der Waals surface area contributed by atoms with E-state index in [4.69, 9.17) is 4.74 Å². The van der Waals surface area contributed by atoms with Crippen molar-refractivity contribution in [1.29, 1.82) is 0 Å². The summed E-state index contributed by atoms with van der Waals surface area (Å²) in [6.45, 7) is 14.2. The largest absolute Gasteiger partial charge is 0.465 e. The van der Waals surface area contributed by atoms with Gasteiger partial charge in [-0.2, -0.15) is 0 Å². The van der Waals surface area contributed by atoms with Gasteiger partial charge >= 0.3 is 12.0 Å². The number of urea groups is 1. The number of nitrogens with zero attached hydrogens (tertiary/aromatic N) is 1. The van der Waals surface area contributed by atoms with Gasteiger partial charge in [-0.3, -0.25) is 4.79 Å². The average Bonchev–Trinajstić information content (AvgIpc) is 2.60. The van der Waals surface area contributed by atoms with E-state index in [9.17, 15) is 9.59 Å². The third kappa shape index (κ3) is 4.56. The number of hydrogen-bond acceptors (Lipinski definition) is 4. The lowest BCUT2D eigenvalue weighted by Gasteiger charge is -2.33. The number of hydrogen-bond donors (Lipinski definition) is 2. The van der Waals surface area contributed by atoms with E-state index in [2.05, 4.69) is 36.0 Å². The molecule has 0 saturated carbocycles. The van der Waals surface area contributed by atoms with Gasteiger partial charge in [0.05, 0.1) is 12.6 Å². The molecule has 6 nitrogen and oxygen atoms in total. The van der Waals surface area contributed by atoms with Crippen LogP contribution in [0.4, 0.5) is 10.5 Å². The number of anilines is 1. The van der Waals surface area contributed by atoms with Crippen LogP contribution in [0.25, 0.3) is 0 Å². The molecule has 0 bridgehead atoms. The van der Waals surface area contributed by atoms with E-state index in [0.717, 1.165) is 24.3 Å². The molecule has 2 rings (SSSR count). The summed E-state index contributed by atoms with van der Waals surface area (Å²) in [5, 5.41) is 5.42. The summed E-state index contributed by atoms with van der Waals surface area (Å²) in [6, 6.07) is 7.05. The first-order chi connectivity index (χ1) is 12.4. The first kappa shape index (κ1) is 19.8. The summed E-state index contributed by atoms with van der Waals surface area (Å²) < 4.78 is 5.40. The second-order valence-electron chi connectivity index (χ2n) is 6.87. The Hall–Kier alpha value is -2.50. The van der Waals surface area contributed by atoms with Gasteiger partial charge in [-0.05, 0) is 37.5 Å². The van der Waals surface area contributed by atoms with Crippen LogP contribution in [0, 0.1) is 11.8 Å². The maximum atomic E-state index is 12.6. The van der Waals surface area contributed by atoms with Gasteiger partial charge in [-0.15, -0.1) is 0 Å². The minimum atomic E-state index is -0.661. The van der Waals surface area contributed by atoms with Gasteiger partial charge in [-0.25, -0.2) is 4.79 Å². The van der Waals surface area contributed by atoms with E-state index in [0.29, 0.717) is 12.3 Å². The minimum absolute atomic E-state index is 0.241. The summed E-state index contributed by atoms with van der Waals surface area (Å²) in [7, 11) is 0. The van der Waals surface area contributed by atoms with Gasteiger partial charge in [0, 0.05) is 24.5 Å². The molecule has 0 spiro atoms. The predicted molar refractivity (Wildman–Crippen MR) is 103 cm³/mol. The molecule has 1 fully saturated rings.